The molecule has 1 N–H and O–H groups in total. The Balaban J connectivity index is 1.82. The summed E-state index contributed by atoms with van der Waals surface area (Å²) in [5, 5.41) is 14.6. The normalized spacial score (nSPS) is 11.9. The first kappa shape index (κ1) is 24.8. The van der Waals surface area contributed by atoms with Gasteiger partial charge in [-0.2, -0.15) is 5.26 Å². The molecule has 7 nitrogen and oxygen atoms in total. The fourth-order valence-corrected chi connectivity index (χ4v) is 4.88. The van der Waals surface area contributed by atoms with Gasteiger partial charge in [0.05, 0.1) is 35.9 Å². The van der Waals surface area contributed by atoms with Crippen molar-refractivity contribution in [1.82, 2.24) is 14.9 Å². The lowest BCUT2D eigenvalue weighted by Gasteiger charge is -2.19. The monoisotopic (exact) mass is 528 g/mol. The molecule has 0 aliphatic carbocycles. The quantitative estimate of drug-likeness (QED) is 0.315. The molecular formula is C24H25BrN4O3S. The van der Waals surface area contributed by atoms with Crippen LogP contribution in [-0.2, 0) is 14.3 Å². The third kappa shape index (κ3) is 5.95. The van der Waals surface area contributed by atoms with E-state index in [1.807, 2.05) is 48.7 Å². The van der Waals surface area contributed by atoms with Crippen LogP contribution in [0.25, 0.3) is 16.5 Å². The maximum Gasteiger partial charge on any atom is 0.328 e. The average molecular weight is 529 g/mol. The number of nitrogens with one attached hydrogen (secondary N) is 1. The van der Waals surface area contributed by atoms with Gasteiger partial charge < -0.3 is 10.1 Å². The number of nitrogens with zero attached hydrogens (tertiary/aromatic N) is 3. The number of imidazole rings is 1. The lowest BCUT2D eigenvalue weighted by atomic mass is 10.0. The third-order valence-corrected chi connectivity index (χ3v) is 6.41. The average Bonchev–Trinajstić information content (AvgIpc) is 3.16. The smallest absolute Gasteiger partial charge is 0.328 e. The molecule has 172 valence electrons. The van der Waals surface area contributed by atoms with E-state index in [0.29, 0.717) is 17.1 Å². The third-order valence-electron chi connectivity index (χ3n) is 4.89. The summed E-state index contributed by atoms with van der Waals surface area (Å²) in [6, 6.07) is 12.9. The van der Waals surface area contributed by atoms with Gasteiger partial charge in [-0.05, 0) is 47.3 Å². The Kier molecular flexibility index (Phi) is 8.53. The van der Waals surface area contributed by atoms with Crippen LogP contribution >= 0.6 is 27.7 Å². The fraction of sp³-hybridized carbons (Fsp3) is 0.333. The predicted octanol–water partition coefficient (Wildman–Crippen LogP) is 4.85. The highest BCUT2D eigenvalue weighted by atomic mass is 79.9. The number of thioether (sulfide) groups is 1. The molecule has 1 aromatic heterocycles. The molecule has 0 aliphatic rings. The van der Waals surface area contributed by atoms with E-state index in [9.17, 15) is 14.9 Å². The lowest BCUT2D eigenvalue weighted by molar-refractivity contribution is -0.147. The van der Waals surface area contributed by atoms with Gasteiger partial charge >= 0.3 is 5.97 Å². The minimum absolute atomic E-state index is 0.0890. The van der Waals surface area contributed by atoms with E-state index >= 15 is 0 Å². The summed E-state index contributed by atoms with van der Waals surface area (Å²) >= 11 is 4.81. The fourth-order valence-electron chi connectivity index (χ4n) is 3.51. The minimum atomic E-state index is -0.674. The molecule has 1 atom stereocenters. The number of benzene rings is 2. The maximum absolute atomic E-state index is 12.6. The molecule has 3 rings (SSSR count). The van der Waals surface area contributed by atoms with Gasteiger partial charge in [0.2, 0.25) is 5.91 Å². The summed E-state index contributed by atoms with van der Waals surface area (Å²) in [7, 11) is 0. The molecule has 9 heteroatoms. The second-order valence-electron chi connectivity index (χ2n) is 7.78. The second-order valence-corrected chi connectivity index (χ2v) is 9.53. The Bertz CT molecular complexity index is 1200. The van der Waals surface area contributed by atoms with E-state index in [-0.39, 0.29) is 24.2 Å². The molecule has 0 saturated carbocycles. The Morgan fingerprint density at radius 2 is 1.97 bits per heavy atom. The van der Waals surface area contributed by atoms with E-state index in [0.717, 1.165) is 21.1 Å². The van der Waals surface area contributed by atoms with Crippen LogP contribution in [0.3, 0.4) is 0 Å². The summed E-state index contributed by atoms with van der Waals surface area (Å²) < 4.78 is 7.73. The van der Waals surface area contributed by atoms with Crippen LogP contribution in [0, 0.1) is 17.2 Å². The van der Waals surface area contributed by atoms with Crippen molar-refractivity contribution in [3.63, 3.8) is 0 Å². The van der Waals surface area contributed by atoms with Gasteiger partial charge in [-0.25, -0.2) is 9.78 Å². The number of carbonyl (C=O) groups is 2. The Morgan fingerprint density at radius 3 is 2.64 bits per heavy atom. The van der Waals surface area contributed by atoms with Crippen LogP contribution in [0.2, 0.25) is 0 Å². The topological polar surface area (TPSA) is 97.0 Å². The number of ether oxygens (including phenoxy) is 1. The first-order chi connectivity index (χ1) is 15.8. The van der Waals surface area contributed by atoms with Crippen molar-refractivity contribution >= 4 is 50.3 Å². The molecule has 33 heavy (non-hydrogen) atoms. The molecule has 1 heterocycles. The number of halogens is 1. The van der Waals surface area contributed by atoms with Crippen LogP contribution in [0.5, 0.6) is 0 Å². The van der Waals surface area contributed by atoms with Gasteiger partial charge in [0.15, 0.2) is 5.16 Å². The van der Waals surface area contributed by atoms with Crippen molar-refractivity contribution in [3.05, 3.63) is 52.8 Å². The zero-order valence-electron chi connectivity index (χ0n) is 18.7. The largest absolute Gasteiger partial charge is 0.464 e. The standard InChI is InChI=1S/C24H25BrN4O3S/c1-4-32-23(31)19(11-15(2)3)28-22(30)14-33-24-27-13-21(25)29(24)20-10-9-16(12-26)17-7-5-6-8-18(17)20/h5-10,13,15,19H,4,11,14H2,1-3H3,(H,28,30). The van der Waals surface area contributed by atoms with Crippen LogP contribution in [0.1, 0.15) is 32.8 Å². The zero-order valence-corrected chi connectivity index (χ0v) is 21.1. The number of aromatic nitrogens is 2. The highest BCUT2D eigenvalue weighted by Gasteiger charge is 2.24. The summed E-state index contributed by atoms with van der Waals surface area (Å²) in [6.07, 6.45) is 2.18. The Labute approximate surface area is 205 Å². The van der Waals surface area contributed by atoms with Gasteiger partial charge in [0, 0.05) is 10.8 Å². The summed E-state index contributed by atoms with van der Waals surface area (Å²) in [4.78, 5) is 29.3. The van der Waals surface area contributed by atoms with Gasteiger partial charge in [0.1, 0.15) is 10.6 Å². The van der Waals surface area contributed by atoms with E-state index in [1.165, 1.54) is 11.8 Å². The van der Waals surface area contributed by atoms with Gasteiger partial charge in [-0.3, -0.25) is 9.36 Å². The van der Waals surface area contributed by atoms with Crippen LogP contribution in [0.4, 0.5) is 0 Å². The number of fused-ring (bicyclic) bond motifs is 1. The highest BCUT2D eigenvalue weighted by molar-refractivity contribution is 9.10. The number of hydrogen-bond donors (Lipinski definition) is 1. The number of rotatable bonds is 9. The first-order valence-electron chi connectivity index (χ1n) is 10.6. The number of esters is 1. The maximum atomic E-state index is 12.6. The molecule has 1 unspecified atom stereocenters. The van der Waals surface area contributed by atoms with E-state index < -0.39 is 12.0 Å². The molecule has 0 bridgehead atoms. The Hall–Kier alpha value is -2.83. The summed E-state index contributed by atoms with van der Waals surface area (Å²) in [5.41, 5.74) is 1.44. The van der Waals surface area contributed by atoms with Crippen LogP contribution in [0.15, 0.2) is 52.4 Å². The molecule has 3 aromatic rings. The van der Waals surface area contributed by atoms with Crippen molar-refractivity contribution in [2.24, 2.45) is 5.92 Å². The van der Waals surface area contributed by atoms with Crippen molar-refractivity contribution in [3.8, 4) is 11.8 Å². The SMILES string of the molecule is CCOC(=O)C(CC(C)C)NC(=O)CSc1ncc(Br)n1-c1ccc(C#N)c2ccccc12. The molecular weight excluding hydrogens is 504 g/mol. The molecule has 0 aliphatic heterocycles. The van der Waals surface area contributed by atoms with Gasteiger partial charge in [0.25, 0.3) is 0 Å². The van der Waals surface area contributed by atoms with Crippen molar-refractivity contribution < 1.29 is 14.3 Å². The number of amides is 1. The predicted molar refractivity (Wildman–Crippen MR) is 132 cm³/mol. The van der Waals surface area contributed by atoms with E-state index in [2.05, 4.69) is 32.3 Å². The van der Waals surface area contributed by atoms with E-state index in [4.69, 9.17) is 4.74 Å². The van der Waals surface area contributed by atoms with Crippen LogP contribution in [-0.4, -0.2) is 39.8 Å². The van der Waals surface area contributed by atoms with E-state index in [1.54, 1.807) is 19.2 Å². The summed E-state index contributed by atoms with van der Waals surface area (Å²) in [5.74, 6) is -0.371. The van der Waals surface area contributed by atoms with Crippen molar-refractivity contribution in [2.75, 3.05) is 12.4 Å². The second kappa shape index (κ2) is 11.3. The Morgan fingerprint density at radius 1 is 1.24 bits per heavy atom. The molecule has 0 spiro atoms. The number of carbonyl (C=O) groups excluding carboxylic acids is 2. The van der Waals surface area contributed by atoms with Crippen molar-refractivity contribution in [2.45, 2.75) is 38.4 Å². The van der Waals surface area contributed by atoms with Gasteiger partial charge in [-0.1, -0.05) is 49.9 Å². The van der Waals surface area contributed by atoms with Crippen LogP contribution < -0.4 is 5.32 Å². The number of nitriles is 1. The number of hydrogen-bond acceptors (Lipinski definition) is 6. The highest BCUT2D eigenvalue weighted by Crippen LogP contribution is 2.32. The van der Waals surface area contributed by atoms with Gasteiger partial charge in [-0.15, -0.1) is 0 Å². The zero-order chi connectivity index (χ0) is 24.0. The molecule has 0 radical (unpaired) electrons. The minimum Gasteiger partial charge on any atom is -0.464 e. The molecule has 2 aromatic carbocycles. The molecule has 1 amide bonds. The van der Waals surface area contributed by atoms with Crippen molar-refractivity contribution in [1.29, 1.82) is 5.26 Å². The molecule has 0 fully saturated rings. The summed E-state index contributed by atoms with van der Waals surface area (Å²) in [6.45, 7) is 5.99. The first-order valence-corrected chi connectivity index (χ1v) is 12.4. The lowest BCUT2D eigenvalue weighted by Crippen LogP contribution is -2.43. The molecule has 0 saturated heterocycles.